The third kappa shape index (κ3) is 9.33. The van der Waals surface area contributed by atoms with Gasteiger partial charge in [-0.3, -0.25) is 24.1 Å². The molecule has 2 heterocycles. The number of hydrogen-bond donors (Lipinski definition) is 4. The highest BCUT2D eigenvalue weighted by Gasteiger charge is 2.37. The Bertz CT molecular complexity index is 1140. The van der Waals surface area contributed by atoms with Crippen molar-refractivity contribution in [1.29, 1.82) is 0 Å². The Labute approximate surface area is 252 Å². The van der Waals surface area contributed by atoms with E-state index in [4.69, 9.17) is 14.2 Å². The molecule has 3 aliphatic rings. The van der Waals surface area contributed by atoms with E-state index < -0.39 is 36.0 Å². The second kappa shape index (κ2) is 15.9. The number of Topliss-reactive ketones (excluding diaryl/α,β-unsaturated/α-hetero) is 1. The number of allylic oxidation sites excluding steroid dienone is 1. The first-order chi connectivity index (χ1) is 20.7. The first kappa shape index (κ1) is 32.6. The van der Waals surface area contributed by atoms with Crippen molar-refractivity contribution in [2.45, 2.75) is 63.3 Å². The Morgan fingerprint density at radius 2 is 1.77 bits per heavy atom. The molecule has 1 aliphatic carbocycles. The maximum Gasteiger partial charge on any atom is 0.246 e. The average Bonchev–Trinajstić information content (AvgIpc) is 3.74. The van der Waals surface area contributed by atoms with Gasteiger partial charge in [0.05, 0.1) is 39.5 Å². The lowest BCUT2D eigenvalue weighted by molar-refractivity contribution is -0.136. The summed E-state index contributed by atoms with van der Waals surface area (Å²) < 4.78 is 15.9. The lowest BCUT2D eigenvalue weighted by Gasteiger charge is -2.29. The number of aliphatic hydroxyl groups is 1. The van der Waals surface area contributed by atoms with Crippen molar-refractivity contribution in [3.05, 3.63) is 41.5 Å². The van der Waals surface area contributed by atoms with E-state index in [1.807, 2.05) is 4.90 Å². The number of morpholine rings is 1. The summed E-state index contributed by atoms with van der Waals surface area (Å²) in [6.45, 7) is 4.74. The van der Waals surface area contributed by atoms with Gasteiger partial charge in [0.25, 0.3) is 0 Å². The number of nitrogens with one attached hydrogen (secondary N) is 3. The van der Waals surface area contributed by atoms with Gasteiger partial charge >= 0.3 is 0 Å². The third-order valence-electron chi connectivity index (χ3n) is 8.19. The predicted octanol–water partition coefficient (Wildman–Crippen LogP) is 0.641. The van der Waals surface area contributed by atoms with E-state index in [1.165, 1.54) is 14.0 Å². The topological polar surface area (TPSA) is 156 Å². The molecule has 4 rings (SSSR count). The molecule has 12 heteroatoms. The van der Waals surface area contributed by atoms with E-state index in [9.17, 15) is 24.3 Å². The first-order valence-electron chi connectivity index (χ1n) is 15.1. The van der Waals surface area contributed by atoms with Crippen LogP contribution in [0.1, 0.15) is 50.7 Å². The van der Waals surface area contributed by atoms with E-state index in [1.54, 1.807) is 24.3 Å². The zero-order chi connectivity index (χ0) is 30.8. The molecule has 12 nitrogen and oxygen atoms in total. The molecule has 4 N–H and O–H groups in total. The van der Waals surface area contributed by atoms with Crippen molar-refractivity contribution in [3.63, 3.8) is 0 Å². The standard InChI is InChI=1S/C31H44N4O8/c1-20(32-26(36)18-35-12-15-42-16-13-35)30(39)34-27(29(38)22-7-9-24(41-2)10-8-22)31(40)33-25(17-21-5-3-4-6-21)28(37)23-11-14-43-19-23/h5,7-10,20,23,25,27,29,38H,3-4,6,11-19H2,1-2H3,(H,32,36)(H,33,40)(H,34,39)/t20-,23?,25-,27-,29+/m0/s1. The van der Waals surface area contributed by atoms with Gasteiger partial charge in [0.15, 0.2) is 5.78 Å². The molecule has 2 saturated heterocycles. The number of methoxy groups -OCH3 is 1. The molecule has 0 bridgehead atoms. The van der Waals surface area contributed by atoms with Crippen LogP contribution in [0.25, 0.3) is 0 Å². The summed E-state index contributed by atoms with van der Waals surface area (Å²) in [5.74, 6) is -1.56. The van der Waals surface area contributed by atoms with Gasteiger partial charge < -0.3 is 35.3 Å². The largest absolute Gasteiger partial charge is 0.497 e. The molecule has 1 aromatic rings. The molecule has 2 aliphatic heterocycles. The number of nitrogens with zero attached hydrogens (tertiary/aromatic N) is 1. The summed E-state index contributed by atoms with van der Waals surface area (Å²) in [4.78, 5) is 55.1. The van der Waals surface area contributed by atoms with Crippen LogP contribution < -0.4 is 20.7 Å². The van der Waals surface area contributed by atoms with E-state index in [0.29, 0.717) is 63.7 Å². The second-order valence-electron chi connectivity index (χ2n) is 11.4. The highest BCUT2D eigenvalue weighted by Crippen LogP contribution is 2.26. The number of benzene rings is 1. The van der Waals surface area contributed by atoms with Crippen LogP contribution >= 0.6 is 0 Å². The highest BCUT2D eigenvalue weighted by molar-refractivity contribution is 5.95. The predicted molar refractivity (Wildman–Crippen MR) is 157 cm³/mol. The van der Waals surface area contributed by atoms with Gasteiger partial charge in [-0.15, -0.1) is 0 Å². The van der Waals surface area contributed by atoms with Gasteiger partial charge in [-0.05, 0) is 56.7 Å². The Balaban J connectivity index is 1.49. The van der Waals surface area contributed by atoms with Crippen LogP contribution in [0.2, 0.25) is 0 Å². The quantitative estimate of drug-likeness (QED) is 0.225. The molecule has 236 valence electrons. The van der Waals surface area contributed by atoms with Gasteiger partial charge in [-0.25, -0.2) is 0 Å². The molecule has 3 amide bonds. The van der Waals surface area contributed by atoms with Crippen molar-refractivity contribution < 1.29 is 38.5 Å². The fraction of sp³-hybridized carbons (Fsp3) is 0.613. The molecule has 0 aromatic heterocycles. The summed E-state index contributed by atoms with van der Waals surface area (Å²) >= 11 is 0. The van der Waals surface area contributed by atoms with E-state index in [0.717, 1.165) is 24.8 Å². The smallest absolute Gasteiger partial charge is 0.246 e. The Morgan fingerprint density at radius 3 is 2.40 bits per heavy atom. The number of aliphatic hydroxyl groups excluding tert-OH is 1. The van der Waals surface area contributed by atoms with Crippen molar-refractivity contribution in [2.75, 3.05) is 53.2 Å². The molecular formula is C31H44N4O8. The maximum absolute atomic E-state index is 13.8. The van der Waals surface area contributed by atoms with Crippen molar-refractivity contribution >= 4 is 23.5 Å². The normalized spacial score (nSPS) is 21.7. The summed E-state index contributed by atoms with van der Waals surface area (Å²) in [6, 6.07) is 3.25. The van der Waals surface area contributed by atoms with Gasteiger partial charge in [-0.2, -0.15) is 0 Å². The Morgan fingerprint density at radius 1 is 1.02 bits per heavy atom. The second-order valence-corrected chi connectivity index (χ2v) is 11.4. The Hall–Kier alpha value is -3.32. The monoisotopic (exact) mass is 600 g/mol. The minimum absolute atomic E-state index is 0.115. The zero-order valence-corrected chi connectivity index (χ0v) is 25.0. The van der Waals surface area contributed by atoms with Crippen LogP contribution in [0, 0.1) is 5.92 Å². The van der Waals surface area contributed by atoms with Gasteiger partial charge in [0.2, 0.25) is 17.7 Å². The van der Waals surface area contributed by atoms with Crippen LogP contribution in [0.15, 0.2) is 35.9 Å². The number of ketones is 1. The van der Waals surface area contributed by atoms with Gasteiger partial charge in [0, 0.05) is 25.6 Å². The van der Waals surface area contributed by atoms with Crippen molar-refractivity contribution in [2.24, 2.45) is 5.92 Å². The number of carbonyl (C=O) groups is 4. The SMILES string of the molecule is COc1ccc([C@@H](O)[C@H](NC(=O)[C@H](C)NC(=O)CN2CCOCC2)C(=O)N[C@@H](CC2=CCCC2)C(=O)C2CCOC2)cc1. The van der Waals surface area contributed by atoms with Gasteiger partial charge in [0.1, 0.15) is 23.9 Å². The minimum atomic E-state index is -1.44. The highest BCUT2D eigenvalue weighted by atomic mass is 16.5. The number of amides is 3. The summed E-state index contributed by atoms with van der Waals surface area (Å²) in [6.07, 6.45) is 4.40. The zero-order valence-electron chi connectivity index (χ0n) is 25.0. The molecule has 5 atom stereocenters. The lowest BCUT2D eigenvalue weighted by atomic mass is 9.92. The fourth-order valence-electron chi connectivity index (χ4n) is 5.59. The first-order valence-corrected chi connectivity index (χ1v) is 15.1. The summed E-state index contributed by atoms with van der Waals surface area (Å²) in [5, 5.41) is 19.5. The third-order valence-corrected chi connectivity index (χ3v) is 8.19. The minimum Gasteiger partial charge on any atom is -0.497 e. The van der Waals surface area contributed by atoms with Crippen molar-refractivity contribution in [1.82, 2.24) is 20.9 Å². The summed E-state index contributed by atoms with van der Waals surface area (Å²) in [5.41, 5.74) is 1.47. The molecule has 1 unspecified atom stereocenters. The maximum atomic E-state index is 13.8. The number of rotatable bonds is 14. The average molecular weight is 601 g/mol. The van der Waals surface area contributed by atoms with E-state index in [-0.39, 0.29) is 24.2 Å². The number of carbonyl (C=O) groups excluding carboxylic acids is 4. The summed E-state index contributed by atoms with van der Waals surface area (Å²) in [7, 11) is 1.52. The molecule has 43 heavy (non-hydrogen) atoms. The fourth-order valence-corrected chi connectivity index (χ4v) is 5.59. The Kier molecular flexibility index (Phi) is 12.1. The van der Waals surface area contributed by atoms with Crippen molar-refractivity contribution in [3.8, 4) is 5.75 Å². The van der Waals surface area contributed by atoms with Crippen LogP contribution in [0.3, 0.4) is 0 Å². The van der Waals surface area contributed by atoms with E-state index in [2.05, 4.69) is 22.0 Å². The molecule has 0 saturated carbocycles. The number of ether oxygens (including phenoxy) is 3. The molecule has 1 aromatic carbocycles. The molecule has 2 fully saturated rings. The van der Waals surface area contributed by atoms with Crippen LogP contribution in [0.5, 0.6) is 5.75 Å². The van der Waals surface area contributed by atoms with Gasteiger partial charge in [-0.1, -0.05) is 23.8 Å². The molecule has 0 radical (unpaired) electrons. The molecular weight excluding hydrogens is 556 g/mol. The number of hydrogen-bond acceptors (Lipinski definition) is 9. The van der Waals surface area contributed by atoms with Crippen LogP contribution in [-0.2, 0) is 28.7 Å². The van der Waals surface area contributed by atoms with Crippen LogP contribution in [0.4, 0.5) is 0 Å². The van der Waals surface area contributed by atoms with Crippen LogP contribution in [-0.4, -0.2) is 105 Å². The molecule has 0 spiro atoms. The lowest BCUT2D eigenvalue weighted by Crippen LogP contribution is -2.58. The van der Waals surface area contributed by atoms with E-state index >= 15 is 0 Å².